The van der Waals surface area contributed by atoms with Crippen LogP contribution in [0.25, 0.3) is 0 Å². The minimum absolute atomic E-state index is 0.0585. The van der Waals surface area contributed by atoms with Crippen LogP contribution >= 0.6 is 11.6 Å². The average Bonchev–Trinajstić information content (AvgIpc) is 3.27. The zero-order valence-electron chi connectivity index (χ0n) is 15.6. The van der Waals surface area contributed by atoms with Crippen LogP contribution in [-0.4, -0.2) is 28.0 Å². The van der Waals surface area contributed by atoms with Crippen LogP contribution in [0.5, 0.6) is 0 Å². The van der Waals surface area contributed by atoms with Gasteiger partial charge in [0.2, 0.25) is 5.96 Å². The molecule has 1 aromatic carbocycles. The number of fused-ring (bicyclic) bond motifs is 1. The lowest BCUT2D eigenvalue weighted by atomic mass is 9.93. The molecule has 0 radical (unpaired) electrons. The van der Waals surface area contributed by atoms with Crippen molar-refractivity contribution in [3.8, 4) is 0 Å². The number of nitrogens with zero attached hydrogens (tertiary/aromatic N) is 3. The molecule has 2 aliphatic rings. The van der Waals surface area contributed by atoms with Crippen LogP contribution in [-0.2, 0) is 12.1 Å². The second-order valence-electron chi connectivity index (χ2n) is 7.11. The fourth-order valence-electron chi connectivity index (χ4n) is 3.32. The summed E-state index contributed by atoms with van der Waals surface area (Å²) in [5.41, 5.74) is 0.968. The summed E-state index contributed by atoms with van der Waals surface area (Å²) < 4.78 is 20.5. The van der Waals surface area contributed by atoms with E-state index >= 15 is 0 Å². The molecular formula is C20H19ClFN5O2. The number of aliphatic hydroxyl groups is 1. The number of aliphatic hydroxyl groups excluding tert-OH is 1. The van der Waals surface area contributed by atoms with Crippen LogP contribution in [0.1, 0.15) is 12.5 Å². The number of allylic oxidation sites excluding steroid dienone is 4. The number of aromatic nitrogens is 1. The second kappa shape index (κ2) is 7.46. The van der Waals surface area contributed by atoms with E-state index in [1.54, 1.807) is 23.8 Å². The Kier molecular flexibility index (Phi) is 4.97. The molecule has 1 aliphatic heterocycles. The lowest BCUT2D eigenvalue weighted by Crippen LogP contribution is -2.45. The van der Waals surface area contributed by atoms with Gasteiger partial charge in [0.05, 0.1) is 23.6 Å². The first-order chi connectivity index (χ1) is 13.9. The highest BCUT2D eigenvalue weighted by atomic mass is 35.5. The van der Waals surface area contributed by atoms with Crippen molar-refractivity contribution in [2.45, 2.75) is 19.0 Å². The topological polar surface area (TPSA) is 98.9 Å². The molecule has 1 aliphatic carbocycles. The Morgan fingerprint density at radius 3 is 2.90 bits per heavy atom. The summed E-state index contributed by atoms with van der Waals surface area (Å²) in [6.07, 6.45) is 8.88. The number of benzene rings is 1. The molecule has 1 aromatic heterocycles. The van der Waals surface area contributed by atoms with Gasteiger partial charge < -0.3 is 14.8 Å². The molecule has 4 rings (SSSR count). The molecule has 0 saturated heterocycles. The monoisotopic (exact) mass is 415 g/mol. The van der Waals surface area contributed by atoms with Crippen molar-refractivity contribution in [2.24, 2.45) is 15.9 Å². The van der Waals surface area contributed by atoms with Crippen LogP contribution in [0.15, 0.2) is 69.0 Å². The van der Waals surface area contributed by atoms with Crippen LogP contribution in [0, 0.1) is 17.1 Å². The molecule has 9 heteroatoms. The minimum atomic E-state index is -1.03. The van der Waals surface area contributed by atoms with E-state index in [2.05, 4.69) is 15.3 Å². The summed E-state index contributed by atoms with van der Waals surface area (Å²) >= 11 is 5.98. The second-order valence-corrected chi connectivity index (χ2v) is 7.55. The summed E-state index contributed by atoms with van der Waals surface area (Å²) in [6, 6.07) is 4.12. The van der Waals surface area contributed by atoms with Crippen molar-refractivity contribution < 1.29 is 13.9 Å². The number of hydrogen-bond donors (Lipinski definition) is 3. The van der Waals surface area contributed by atoms with E-state index in [-0.39, 0.29) is 23.2 Å². The standard InChI is InChI=1S/C20H19ClFN5O2/c1-20(11-28,13-7-14(21)9-15(22)8-13)26-19-24-16-4-2-3-12(17(16)25-19)10-27-5-6-29-18(27)23/h2-9,12,23,28H,10-11H2,1H3,(H,24,26). The van der Waals surface area contributed by atoms with E-state index in [0.717, 1.165) is 5.71 Å². The largest absolute Gasteiger partial charge is 0.432 e. The third kappa shape index (κ3) is 3.81. The molecule has 0 amide bonds. The van der Waals surface area contributed by atoms with Gasteiger partial charge in [-0.15, -0.1) is 0 Å². The van der Waals surface area contributed by atoms with Gasteiger partial charge in [-0.25, -0.2) is 14.4 Å². The quantitative estimate of drug-likeness (QED) is 0.700. The van der Waals surface area contributed by atoms with Crippen molar-refractivity contribution in [3.63, 3.8) is 0 Å². The molecule has 2 atom stereocenters. The molecular weight excluding hydrogens is 397 g/mol. The molecule has 0 saturated carbocycles. The average molecular weight is 416 g/mol. The Bertz CT molecular complexity index is 1110. The summed E-state index contributed by atoms with van der Waals surface area (Å²) in [5.74, 6) is -0.258. The summed E-state index contributed by atoms with van der Waals surface area (Å²) in [6.45, 7) is 1.90. The molecule has 0 bridgehead atoms. The zero-order valence-corrected chi connectivity index (χ0v) is 16.3. The third-order valence-electron chi connectivity index (χ3n) is 4.94. The van der Waals surface area contributed by atoms with Gasteiger partial charge in [-0.3, -0.25) is 9.98 Å². The molecule has 3 N–H and O–H groups in total. The Balaban J connectivity index is 1.59. The van der Waals surface area contributed by atoms with Crippen LogP contribution in [0.4, 0.5) is 4.39 Å². The van der Waals surface area contributed by atoms with Crippen LogP contribution < -0.4 is 11.0 Å². The van der Waals surface area contributed by atoms with E-state index in [0.29, 0.717) is 23.8 Å². The number of halogens is 2. The maximum absolute atomic E-state index is 13.8. The number of aliphatic imine (C=N–C) groups is 2. The molecule has 150 valence electrons. The lowest BCUT2D eigenvalue weighted by Gasteiger charge is -2.29. The fraction of sp³-hybridized carbons (Fsp3) is 0.250. The van der Waals surface area contributed by atoms with Crippen molar-refractivity contribution in [1.82, 2.24) is 9.88 Å². The van der Waals surface area contributed by atoms with E-state index < -0.39 is 11.4 Å². The van der Waals surface area contributed by atoms with Crippen molar-refractivity contribution in [2.75, 3.05) is 6.61 Å². The molecule has 0 spiro atoms. The Morgan fingerprint density at radius 2 is 2.21 bits per heavy atom. The maximum atomic E-state index is 13.8. The maximum Gasteiger partial charge on any atom is 0.293 e. The van der Waals surface area contributed by atoms with Crippen LogP contribution in [0.3, 0.4) is 0 Å². The molecule has 2 aromatic rings. The summed E-state index contributed by atoms with van der Waals surface area (Å²) in [7, 11) is 0. The Morgan fingerprint density at radius 1 is 1.38 bits per heavy atom. The number of nitrogens with one attached hydrogen (secondary N) is 2. The van der Waals surface area contributed by atoms with Gasteiger partial charge in [-0.05, 0) is 36.8 Å². The molecule has 7 nitrogen and oxygen atoms in total. The SMILES string of the molecule is CC(CO)(NC1=NC2=CC=CC(Cn3ccoc3=N)C2=N1)c1cc(F)cc(Cl)c1. The highest BCUT2D eigenvalue weighted by molar-refractivity contribution is 6.30. The predicted molar refractivity (Wildman–Crippen MR) is 107 cm³/mol. The number of hydrogen-bond acceptors (Lipinski definition) is 6. The van der Waals surface area contributed by atoms with E-state index in [1.807, 2.05) is 18.2 Å². The number of rotatable bonds is 5. The van der Waals surface area contributed by atoms with Gasteiger partial charge in [0.25, 0.3) is 5.68 Å². The van der Waals surface area contributed by atoms with Gasteiger partial charge in [0.1, 0.15) is 12.1 Å². The minimum Gasteiger partial charge on any atom is -0.432 e. The Labute approximate surface area is 171 Å². The highest BCUT2D eigenvalue weighted by Crippen LogP contribution is 2.28. The number of oxazole rings is 1. The lowest BCUT2D eigenvalue weighted by molar-refractivity contribution is 0.193. The Hall–Kier alpha value is -2.97. The van der Waals surface area contributed by atoms with Gasteiger partial charge in [-0.1, -0.05) is 23.8 Å². The predicted octanol–water partition coefficient (Wildman–Crippen LogP) is 2.73. The summed E-state index contributed by atoms with van der Waals surface area (Å²) in [4.78, 5) is 9.11. The highest BCUT2D eigenvalue weighted by Gasteiger charge is 2.32. The van der Waals surface area contributed by atoms with E-state index in [1.165, 1.54) is 18.4 Å². The van der Waals surface area contributed by atoms with Crippen LogP contribution in [0.2, 0.25) is 5.02 Å². The normalized spacial score (nSPS) is 19.9. The van der Waals surface area contributed by atoms with Crippen molar-refractivity contribution in [3.05, 3.63) is 76.7 Å². The van der Waals surface area contributed by atoms with Gasteiger partial charge in [0.15, 0.2) is 0 Å². The van der Waals surface area contributed by atoms with Gasteiger partial charge in [-0.2, -0.15) is 0 Å². The summed E-state index contributed by atoms with van der Waals surface area (Å²) in [5, 5.41) is 21.1. The number of guanidine groups is 1. The zero-order chi connectivity index (χ0) is 20.6. The molecule has 2 unspecified atom stereocenters. The first-order valence-electron chi connectivity index (χ1n) is 8.98. The molecule has 0 fully saturated rings. The smallest absolute Gasteiger partial charge is 0.293 e. The van der Waals surface area contributed by atoms with E-state index in [9.17, 15) is 9.50 Å². The van der Waals surface area contributed by atoms with Crippen molar-refractivity contribution >= 4 is 23.3 Å². The van der Waals surface area contributed by atoms with Gasteiger partial charge in [0, 0.05) is 23.7 Å². The first kappa shape index (κ1) is 19.4. The van der Waals surface area contributed by atoms with E-state index in [4.69, 9.17) is 21.4 Å². The van der Waals surface area contributed by atoms with Crippen molar-refractivity contribution in [1.29, 1.82) is 5.41 Å². The fourth-order valence-corrected chi connectivity index (χ4v) is 3.54. The van der Waals surface area contributed by atoms with Gasteiger partial charge >= 0.3 is 0 Å². The first-order valence-corrected chi connectivity index (χ1v) is 9.36. The molecule has 29 heavy (non-hydrogen) atoms. The molecule has 2 heterocycles. The third-order valence-corrected chi connectivity index (χ3v) is 5.16.